The van der Waals surface area contributed by atoms with Crippen LogP contribution in [0.2, 0.25) is 0 Å². The standard InChI is InChI=1S/C11H24S6.2C10H22S7.C7H16S5/c1-2-10(8-15-5-3-12)17-11(7-14)9-16-6-4-13;11-1-3-16-9(5-13)7-15-8-10(6-14)17-4-2-12;11-1-3-15-7-9(5-13)17-8-10(6-14)16-4-2-12;8-1-3-11-6-7(5-10)12-4-2-9/h10-14H,2-9H2,1H3;2*9-14H,1-8H2;7-10H,1-6H2. The Labute approximate surface area is 515 Å². The van der Waals surface area contributed by atoms with Gasteiger partial charge in [-0.15, -0.1) is 0 Å². The van der Waals surface area contributed by atoms with Crippen LogP contribution in [0, 0.1) is 0 Å². The summed E-state index contributed by atoms with van der Waals surface area (Å²) in [5.41, 5.74) is 0. The molecule has 0 aromatic rings. The first-order valence-electron chi connectivity index (χ1n) is 20.8. The molecule has 0 nitrogen and oxygen atoms in total. The Morgan fingerprint density at radius 1 is 0.254 bits per heavy atom. The van der Waals surface area contributed by atoms with Gasteiger partial charge in [0.25, 0.3) is 0 Å². The SMILES string of the molecule is CCC(CSCCS)SC(CS)CSCCS.SCCSC(CS)CSCC(CS)SCCS.SCCSCC(CS)SCC(CS)SCCS.SCCSCC(CS)SCCS. The molecule has 386 valence electrons. The lowest BCUT2D eigenvalue weighted by atomic mass is 10.4. The second kappa shape index (κ2) is 68.8. The number of rotatable bonds is 44. The summed E-state index contributed by atoms with van der Waals surface area (Å²) < 4.78 is 0. The first kappa shape index (κ1) is 78.2. The molecule has 0 aromatic heterocycles. The summed E-state index contributed by atoms with van der Waals surface area (Å²) >= 11 is 82.3. The van der Waals surface area contributed by atoms with Gasteiger partial charge in [-0.1, -0.05) is 6.92 Å². The predicted octanol–water partition coefficient (Wildman–Crippen LogP) is 14.0. The van der Waals surface area contributed by atoms with Crippen LogP contribution in [0.25, 0.3) is 0 Å². The molecule has 0 aromatic carbocycles. The highest BCUT2D eigenvalue weighted by atomic mass is 32.2. The van der Waals surface area contributed by atoms with Crippen molar-refractivity contribution in [1.29, 1.82) is 0 Å². The monoisotopic (exact) mass is 1340 g/mol. The fourth-order valence-corrected chi connectivity index (χ4v) is 22.4. The van der Waals surface area contributed by atoms with Crippen molar-refractivity contribution in [2.75, 3.05) is 167 Å². The molecule has 0 amide bonds. The Morgan fingerprint density at radius 3 is 0.762 bits per heavy atom. The highest BCUT2D eigenvalue weighted by Gasteiger charge is 2.16. The maximum absolute atomic E-state index is 4.47. The molecule has 0 aliphatic rings. The second-order valence-corrected chi connectivity index (χ2v) is 32.5. The molecule has 0 fully saturated rings. The Kier molecular flexibility index (Phi) is 85.4. The molecule has 0 saturated heterocycles. The minimum Gasteiger partial charge on any atom is -0.179 e. The van der Waals surface area contributed by atoms with Crippen LogP contribution in [0.15, 0.2) is 0 Å². The fraction of sp³-hybridized carbons (Fsp3) is 1.00. The van der Waals surface area contributed by atoms with Crippen molar-refractivity contribution >= 4 is 306 Å². The Balaban J connectivity index is -0.000000371. The van der Waals surface area contributed by atoms with E-state index in [1.54, 1.807) is 0 Å². The molecule has 0 bridgehead atoms. The van der Waals surface area contributed by atoms with Gasteiger partial charge in [-0.25, -0.2) is 0 Å². The van der Waals surface area contributed by atoms with Crippen LogP contribution in [-0.2, 0) is 0 Å². The lowest BCUT2D eigenvalue weighted by Crippen LogP contribution is -2.17. The number of hydrogen-bond acceptors (Lipinski definition) is 25. The van der Waals surface area contributed by atoms with Gasteiger partial charge in [-0.2, -0.15) is 306 Å². The molecular weight excluding hydrogens is 1260 g/mol. The minimum atomic E-state index is 0.646. The Hall–Kier alpha value is 8.75. The summed E-state index contributed by atoms with van der Waals surface area (Å²) in [4.78, 5) is 0. The summed E-state index contributed by atoms with van der Waals surface area (Å²) in [5, 5.41) is 4.76. The molecule has 0 N–H and O–H groups in total. The summed E-state index contributed by atoms with van der Waals surface area (Å²) in [6.07, 6.45) is 1.26. The van der Waals surface area contributed by atoms with Crippen LogP contribution in [0.1, 0.15) is 13.3 Å². The van der Waals surface area contributed by atoms with Gasteiger partial charge in [-0.05, 0) is 52.4 Å². The smallest absolute Gasteiger partial charge is 0.0229 e. The summed E-state index contributed by atoms with van der Waals surface area (Å²) in [6, 6.07) is 0. The summed E-state index contributed by atoms with van der Waals surface area (Å²) in [6.45, 7) is 2.29. The first-order chi connectivity index (χ1) is 30.7. The van der Waals surface area contributed by atoms with Crippen molar-refractivity contribution in [3.63, 3.8) is 0 Å². The van der Waals surface area contributed by atoms with Crippen molar-refractivity contribution < 1.29 is 0 Å². The topological polar surface area (TPSA) is 0 Å². The number of thiol groups is 14. The molecule has 0 spiro atoms. The van der Waals surface area contributed by atoms with Crippen molar-refractivity contribution in [2.45, 2.75) is 50.1 Å². The van der Waals surface area contributed by atoms with Crippen molar-refractivity contribution in [3.05, 3.63) is 0 Å². The van der Waals surface area contributed by atoms with Crippen LogP contribution in [0.3, 0.4) is 0 Å². The van der Waals surface area contributed by atoms with Crippen LogP contribution in [0.4, 0.5) is 0 Å². The lowest BCUT2D eigenvalue weighted by molar-refractivity contribution is 0.908. The van der Waals surface area contributed by atoms with Gasteiger partial charge >= 0.3 is 0 Å². The fourth-order valence-electron chi connectivity index (χ4n) is 4.00. The molecule has 0 radical (unpaired) electrons. The normalized spacial score (nSPS) is 14.5. The molecule has 0 aliphatic heterocycles. The van der Waals surface area contributed by atoms with Crippen LogP contribution in [0.5, 0.6) is 0 Å². The molecule has 63 heavy (non-hydrogen) atoms. The van der Waals surface area contributed by atoms with E-state index in [-0.39, 0.29) is 0 Å². The zero-order chi connectivity index (χ0) is 48.0. The first-order valence-corrected chi connectivity index (χ1v) is 41.6. The molecule has 25 heteroatoms. The van der Waals surface area contributed by atoms with E-state index in [4.69, 9.17) is 0 Å². The summed E-state index contributed by atoms with van der Waals surface area (Å²) in [5.74, 6) is 31.0. The molecule has 0 saturated carbocycles. The average molecular weight is 1340 g/mol. The highest BCUT2D eigenvalue weighted by Crippen LogP contribution is 2.28. The zero-order valence-electron chi connectivity index (χ0n) is 37.0. The van der Waals surface area contributed by atoms with Crippen LogP contribution in [-0.4, -0.2) is 204 Å². The van der Waals surface area contributed by atoms with Gasteiger partial charge in [0.1, 0.15) is 0 Å². The molecule has 0 aliphatic carbocycles. The maximum Gasteiger partial charge on any atom is 0.0229 e. The molecule has 7 unspecified atom stereocenters. The Morgan fingerprint density at radius 2 is 0.492 bits per heavy atom. The van der Waals surface area contributed by atoms with E-state index >= 15 is 0 Å². The van der Waals surface area contributed by atoms with Crippen molar-refractivity contribution in [2.24, 2.45) is 0 Å². The van der Waals surface area contributed by atoms with Crippen molar-refractivity contribution in [3.8, 4) is 0 Å². The van der Waals surface area contributed by atoms with E-state index in [1.807, 2.05) is 118 Å². The third kappa shape index (κ3) is 61.5. The van der Waals surface area contributed by atoms with Gasteiger partial charge in [0, 0.05) is 158 Å². The van der Waals surface area contributed by atoms with Gasteiger partial charge in [0.05, 0.1) is 0 Å². The van der Waals surface area contributed by atoms with Crippen LogP contribution < -0.4 is 0 Å². The van der Waals surface area contributed by atoms with E-state index in [9.17, 15) is 0 Å². The molecule has 0 rings (SSSR count). The third-order valence-corrected chi connectivity index (χ3v) is 30.7. The zero-order valence-corrected chi connectivity index (χ0v) is 58.5. The van der Waals surface area contributed by atoms with Crippen molar-refractivity contribution in [1.82, 2.24) is 0 Å². The van der Waals surface area contributed by atoms with Gasteiger partial charge in [0.2, 0.25) is 0 Å². The Bertz CT molecular complexity index is 767. The van der Waals surface area contributed by atoms with E-state index in [0.717, 1.165) is 126 Å². The molecule has 0 heterocycles. The van der Waals surface area contributed by atoms with E-state index < -0.39 is 0 Å². The van der Waals surface area contributed by atoms with Gasteiger partial charge < -0.3 is 0 Å². The quantitative estimate of drug-likeness (QED) is 0.0209. The average Bonchev–Trinajstić information content (AvgIpc) is 3.31. The van der Waals surface area contributed by atoms with Gasteiger partial charge in [0.15, 0.2) is 0 Å². The van der Waals surface area contributed by atoms with E-state index in [0.29, 0.717) is 31.5 Å². The van der Waals surface area contributed by atoms with E-state index in [2.05, 4.69) is 195 Å². The lowest BCUT2D eigenvalue weighted by Gasteiger charge is -2.20. The second-order valence-electron chi connectivity index (χ2n) is 12.4. The number of hydrogen-bond donors (Lipinski definition) is 14. The maximum atomic E-state index is 4.47. The minimum absolute atomic E-state index is 0.646. The largest absolute Gasteiger partial charge is 0.179 e. The molecular formula is C38H84S25. The summed E-state index contributed by atoms with van der Waals surface area (Å²) in [7, 11) is 0. The van der Waals surface area contributed by atoms with E-state index in [1.165, 1.54) is 52.4 Å². The highest BCUT2D eigenvalue weighted by molar-refractivity contribution is 8.08. The predicted molar refractivity (Wildman–Crippen MR) is 387 cm³/mol. The van der Waals surface area contributed by atoms with Crippen LogP contribution >= 0.6 is 306 Å². The third-order valence-electron chi connectivity index (χ3n) is 7.12. The number of thioether (sulfide) groups is 11. The van der Waals surface area contributed by atoms with Gasteiger partial charge in [-0.3, -0.25) is 0 Å². The molecule has 7 atom stereocenters.